The molecule has 0 heterocycles. The van der Waals surface area contributed by atoms with Crippen molar-refractivity contribution in [1.82, 2.24) is 0 Å². The van der Waals surface area contributed by atoms with Crippen molar-refractivity contribution in [3.8, 4) is 0 Å². The Balaban J connectivity index is 3.57. The normalized spacial score (nSPS) is 12.7. The van der Waals surface area contributed by atoms with Crippen LogP contribution in [0.4, 0.5) is 12.2 Å². The number of halogens is 3. The molecule has 0 N–H and O–H groups in total. The van der Waals surface area contributed by atoms with Crippen molar-refractivity contribution < 1.29 is 29.0 Å². The number of rotatable bonds is 2. The molecule has 1 aromatic rings. The second-order valence-electron chi connectivity index (χ2n) is 2.47. The van der Waals surface area contributed by atoms with Crippen LogP contribution < -0.4 is 0 Å². The maximum Gasteiger partial charge on any atom is 0.335 e. The fraction of sp³-hybridized carbons (Fsp3) is 0. The highest BCUT2D eigenvalue weighted by Crippen LogP contribution is 2.22. The monoisotopic (exact) mass is 260 g/mol. The molecule has 1 aromatic carbocycles. The van der Waals surface area contributed by atoms with E-state index in [-0.39, 0.29) is 6.07 Å². The molecule has 0 saturated carbocycles. The molecule has 0 fully saturated rings. The Hall–Kier alpha value is -1.09. The summed E-state index contributed by atoms with van der Waals surface area (Å²) in [5.74, 6) is -1.50. The molecule has 0 amide bonds. The van der Waals surface area contributed by atoms with Crippen LogP contribution in [0.1, 0.15) is 0 Å². The molecule has 0 aromatic heterocycles. The van der Waals surface area contributed by atoms with Crippen molar-refractivity contribution in [2.24, 2.45) is 0 Å². The Morgan fingerprint density at radius 1 is 0.933 bits per heavy atom. The average molecular weight is 260 g/mol. The van der Waals surface area contributed by atoms with Crippen molar-refractivity contribution in [1.29, 1.82) is 0 Å². The summed E-state index contributed by atoms with van der Waals surface area (Å²) >= 11 is 0. The number of benzene rings is 1. The topological polar surface area (TPSA) is 68.3 Å². The van der Waals surface area contributed by atoms with E-state index in [0.717, 1.165) is 0 Å². The van der Waals surface area contributed by atoms with Gasteiger partial charge < -0.3 is 0 Å². The van der Waals surface area contributed by atoms with Crippen LogP contribution in [0.3, 0.4) is 0 Å². The minimum absolute atomic E-state index is 0.0694. The first-order valence-electron chi connectivity index (χ1n) is 3.31. The smallest absolute Gasteiger partial charge is 0.205 e. The molecule has 0 aliphatic heterocycles. The van der Waals surface area contributed by atoms with Gasteiger partial charge in [-0.1, -0.05) is 0 Å². The van der Waals surface area contributed by atoms with E-state index in [9.17, 15) is 29.0 Å². The van der Waals surface area contributed by atoms with Gasteiger partial charge in [0.2, 0.25) is 0 Å². The molecule has 1 rings (SSSR count). The van der Waals surface area contributed by atoms with Gasteiger partial charge in [-0.3, -0.25) is 0 Å². The first-order valence-corrected chi connectivity index (χ1v) is 6.08. The summed E-state index contributed by atoms with van der Waals surface area (Å²) in [6.45, 7) is 0. The molecular formula is C6H3F3O4S2. The highest BCUT2D eigenvalue weighted by atomic mass is 32.3. The van der Waals surface area contributed by atoms with Crippen LogP contribution in [0.5, 0.6) is 0 Å². The number of hydrogen-bond donors (Lipinski definition) is 0. The third kappa shape index (κ3) is 2.69. The zero-order chi connectivity index (χ0) is 11.9. The Morgan fingerprint density at radius 3 is 1.87 bits per heavy atom. The first-order chi connectivity index (χ1) is 6.62. The van der Waals surface area contributed by atoms with Crippen LogP contribution in [0.2, 0.25) is 0 Å². The van der Waals surface area contributed by atoms with Crippen molar-refractivity contribution in [2.75, 3.05) is 0 Å². The van der Waals surface area contributed by atoms with Crippen LogP contribution >= 0.6 is 0 Å². The maximum absolute atomic E-state index is 12.7. The van der Waals surface area contributed by atoms with Gasteiger partial charge in [0.15, 0.2) is 0 Å². The van der Waals surface area contributed by atoms with Crippen molar-refractivity contribution >= 4 is 20.4 Å². The van der Waals surface area contributed by atoms with E-state index in [0.29, 0.717) is 12.1 Å². The van der Waals surface area contributed by atoms with E-state index in [2.05, 4.69) is 0 Å². The zero-order valence-corrected chi connectivity index (χ0v) is 8.45. The zero-order valence-electron chi connectivity index (χ0n) is 6.82. The predicted octanol–water partition coefficient (Wildman–Crippen LogP) is 1.14. The van der Waals surface area contributed by atoms with Gasteiger partial charge >= 0.3 is 20.4 Å². The fourth-order valence-electron chi connectivity index (χ4n) is 0.822. The molecule has 0 atom stereocenters. The SMILES string of the molecule is O=S(=O)(F)c1ccc(F)c(S(=O)(=O)F)c1. The minimum atomic E-state index is -5.42. The lowest BCUT2D eigenvalue weighted by atomic mass is 10.3. The summed E-state index contributed by atoms with van der Waals surface area (Å²) in [6.07, 6.45) is 0. The molecule has 9 heteroatoms. The fourth-order valence-corrected chi connectivity index (χ4v) is 1.95. The lowest BCUT2D eigenvalue weighted by Crippen LogP contribution is -2.00. The molecule has 0 bridgehead atoms. The third-order valence-corrected chi connectivity index (χ3v) is 3.10. The van der Waals surface area contributed by atoms with Crippen LogP contribution in [-0.4, -0.2) is 16.8 Å². The second-order valence-corrected chi connectivity index (χ2v) is 5.13. The lowest BCUT2D eigenvalue weighted by molar-refractivity contribution is 0.531. The molecule has 0 unspecified atom stereocenters. The third-order valence-electron chi connectivity index (χ3n) is 1.45. The van der Waals surface area contributed by atoms with Gasteiger partial charge in [-0.05, 0) is 18.2 Å². The van der Waals surface area contributed by atoms with Gasteiger partial charge in [0.1, 0.15) is 15.6 Å². The van der Waals surface area contributed by atoms with E-state index in [1.807, 2.05) is 0 Å². The molecule has 0 spiro atoms. The summed E-state index contributed by atoms with van der Waals surface area (Å²) in [5.41, 5.74) is 0. The molecule has 84 valence electrons. The highest BCUT2D eigenvalue weighted by Gasteiger charge is 2.22. The lowest BCUT2D eigenvalue weighted by Gasteiger charge is -1.99. The molecule has 0 aliphatic carbocycles. The Labute approximate surface area is 83.8 Å². The van der Waals surface area contributed by atoms with Gasteiger partial charge in [0.25, 0.3) is 0 Å². The molecular weight excluding hydrogens is 257 g/mol. The standard InChI is InChI=1S/C6H3F3O4S2/c7-5-2-1-4(14(8,10)11)3-6(5)15(9,12)13/h1-3H. The van der Waals surface area contributed by atoms with Crippen LogP contribution in [-0.2, 0) is 20.4 Å². The van der Waals surface area contributed by atoms with Crippen molar-refractivity contribution in [3.05, 3.63) is 24.0 Å². The largest absolute Gasteiger partial charge is 0.335 e. The van der Waals surface area contributed by atoms with Crippen LogP contribution in [0, 0.1) is 5.82 Å². The van der Waals surface area contributed by atoms with Crippen LogP contribution in [0.25, 0.3) is 0 Å². The van der Waals surface area contributed by atoms with Gasteiger partial charge in [-0.2, -0.15) is 16.8 Å². The summed E-state index contributed by atoms with van der Waals surface area (Å²) < 4.78 is 78.7. The van der Waals surface area contributed by atoms with E-state index in [1.54, 1.807) is 0 Å². The van der Waals surface area contributed by atoms with Crippen LogP contribution in [0.15, 0.2) is 28.0 Å². The van der Waals surface area contributed by atoms with E-state index in [4.69, 9.17) is 0 Å². The average Bonchev–Trinajstić information content (AvgIpc) is 2.00. The van der Waals surface area contributed by atoms with Gasteiger partial charge in [-0.15, -0.1) is 7.77 Å². The molecule has 0 saturated heterocycles. The predicted molar refractivity (Wildman–Crippen MR) is 43.0 cm³/mol. The van der Waals surface area contributed by atoms with Gasteiger partial charge in [0, 0.05) is 0 Å². The quantitative estimate of drug-likeness (QED) is 0.748. The summed E-state index contributed by atoms with van der Waals surface area (Å²) in [5, 5.41) is 0. The van der Waals surface area contributed by atoms with E-state index in [1.165, 1.54) is 0 Å². The second kappa shape index (κ2) is 3.49. The molecule has 0 radical (unpaired) electrons. The molecule has 0 aliphatic rings. The molecule has 4 nitrogen and oxygen atoms in total. The summed E-state index contributed by atoms with van der Waals surface area (Å²) in [6, 6.07) is 0.901. The van der Waals surface area contributed by atoms with Crippen molar-refractivity contribution in [3.63, 3.8) is 0 Å². The Kier molecular flexibility index (Phi) is 2.79. The Bertz CT molecular complexity index is 591. The maximum atomic E-state index is 12.7. The summed E-state index contributed by atoms with van der Waals surface area (Å²) in [7, 11) is -10.6. The van der Waals surface area contributed by atoms with E-state index < -0.39 is 36.1 Å². The van der Waals surface area contributed by atoms with E-state index >= 15 is 0 Å². The van der Waals surface area contributed by atoms with Gasteiger partial charge in [0.05, 0.1) is 0 Å². The van der Waals surface area contributed by atoms with Crippen molar-refractivity contribution in [2.45, 2.75) is 9.79 Å². The summed E-state index contributed by atoms with van der Waals surface area (Å²) in [4.78, 5) is -2.64. The first kappa shape index (κ1) is 12.0. The Morgan fingerprint density at radius 2 is 1.47 bits per heavy atom. The van der Waals surface area contributed by atoms with Gasteiger partial charge in [-0.25, -0.2) is 4.39 Å². The number of hydrogen-bond acceptors (Lipinski definition) is 4. The minimum Gasteiger partial charge on any atom is -0.205 e. The molecule has 15 heavy (non-hydrogen) atoms. The highest BCUT2D eigenvalue weighted by molar-refractivity contribution is 7.87.